The maximum absolute atomic E-state index is 11.5. The van der Waals surface area contributed by atoms with Gasteiger partial charge in [0, 0.05) is 39.3 Å². The van der Waals surface area contributed by atoms with E-state index in [0.29, 0.717) is 12.1 Å². The van der Waals surface area contributed by atoms with E-state index in [2.05, 4.69) is 37.3 Å². The standard InChI is InChI=1S/C11H15N2O.Y/c1-11(2,3)8-13-10(14)9-5-4-6-12-7-9;/h4-5,7H,8H2,1-3H3,(H,13,14);/q-1;. The molecule has 0 aromatic carbocycles. The first-order chi connectivity index (χ1) is 6.49. The Bertz CT molecular complexity index is 306. The molecule has 1 rings (SSSR count). The maximum atomic E-state index is 11.5. The summed E-state index contributed by atoms with van der Waals surface area (Å²) in [5.41, 5.74) is 0.678. The number of nitrogens with zero attached hydrogens (tertiary/aromatic N) is 1. The SMILES string of the molecule is CC(C)(C)CNC(=O)c1cc[c-]nc1.[Y]. The molecule has 1 N–H and O–H groups in total. The van der Waals surface area contributed by atoms with Crippen molar-refractivity contribution in [3.63, 3.8) is 0 Å². The molecule has 1 radical (unpaired) electrons. The third-order valence-electron chi connectivity index (χ3n) is 1.66. The Balaban J connectivity index is 0.00000196. The van der Waals surface area contributed by atoms with Crippen molar-refractivity contribution < 1.29 is 37.5 Å². The van der Waals surface area contributed by atoms with Gasteiger partial charge in [-0.2, -0.15) is 12.1 Å². The van der Waals surface area contributed by atoms with E-state index in [1.54, 1.807) is 12.1 Å². The molecule has 0 bridgehead atoms. The molecule has 0 aliphatic carbocycles. The Labute approximate surface area is 116 Å². The number of hydrogen-bond donors (Lipinski definition) is 1. The molecule has 0 saturated carbocycles. The van der Waals surface area contributed by atoms with E-state index >= 15 is 0 Å². The van der Waals surface area contributed by atoms with Crippen molar-refractivity contribution in [2.45, 2.75) is 20.8 Å². The third kappa shape index (κ3) is 6.00. The summed E-state index contributed by atoms with van der Waals surface area (Å²) in [6.45, 7) is 6.88. The Morgan fingerprint density at radius 3 is 2.67 bits per heavy atom. The molecule has 0 saturated heterocycles. The largest absolute Gasteiger partial charge is 0.393 e. The quantitative estimate of drug-likeness (QED) is 0.837. The molecule has 0 fully saturated rings. The van der Waals surface area contributed by atoms with Crippen molar-refractivity contribution in [3.05, 3.63) is 30.1 Å². The molecule has 1 heterocycles. The van der Waals surface area contributed by atoms with Gasteiger partial charge in [-0.15, -0.1) is 0 Å². The summed E-state index contributed by atoms with van der Waals surface area (Å²) in [6.07, 6.45) is 4.14. The zero-order chi connectivity index (χ0) is 10.6. The van der Waals surface area contributed by atoms with E-state index in [9.17, 15) is 4.79 Å². The summed E-state index contributed by atoms with van der Waals surface area (Å²) in [6, 6.07) is 3.33. The Morgan fingerprint density at radius 1 is 1.53 bits per heavy atom. The predicted molar refractivity (Wildman–Crippen MR) is 54.9 cm³/mol. The van der Waals surface area contributed by atoms with E-state index in [4.69, 9.17) is 0 Å². The molecule has 0 atom stereocenters. The van der Waals surface area contributed by atoms with Crippen LogP contribution in [0.5, 0.6) is 0 Å². The Kier molecular flexibility index (Phi) is 6.22. The zero-order valence-corrected chi connectivity index (χ0v) is 12.2. The second-order valence-electron chi connectivity index (χ2n) is 4.42. The number of rotatable bonds is 2. The molecule has 1 aromatic rings. The zero-order valence-electron chi connectivity index (χ0n) is 9.37. The predicted octanol–water partition coefficient (Wildman–Crippen LogP) is 1.66. The van der Waals surface area contributed by atoms with Gasteiger partial charge in [-0.3, -0.25) is 4.79 Å². The molecule has 3 nitrogen and oxygen atoms in total. The molecule has 1 amide bonds. The minimum atomic E-state index is -0.0820. The summed E-state index contributed by atoms with van der Waals surface area (Å²) in [5.74, 6) is -0.0820. The van der Waals surface area contributed by atoms with E-state index in [1.165, 1.54) is 6.20 Å². The average Bonchev–Trinajstić information content (AvgIpc) is 2.14. The number of aromatic nitrogens is 1. The molecular formula is C11H15N2OY-. The Hall–Kier alpha value is -0.276. The fraction of sp³-hybridized carbons (Fsp3) is 0.455. The van der Waals surface area contributed by atoms with Crippen molar-refractivity contribution in [3.8, 4) is 0 Å². The van der Waals surface area contributed by atoms with Gasteiger partial charge in [-0.1, -0.05) is 38.7 Å². The molecule has 0 spiro atoms. The molecule has 0 aliphatic rings. The van der Waals surface area contributed by atoms with Crippen LogP contribution in [0.2, 0.25) is 0 Å². The van der Waals surface area contributed by atoms with Crippen molar-refractivity contribution >= 4 is 5.91 Å². The number of pyridine rings is 1. The second-order valence-corrected chi connectivity index (χ2v) is 4.42. The second kappa shape index (κ2) is 6.34. The van der Waals surface area contributed by atoms with Crippen molar-refractivity contribution in [2.75, 3.05) is 6.54 Å². The van der Waals surface area contributed by atoms with Crippen LogP contribution in [-0.2, 0) is 32.7 Å². The molecule has 79 valence electrons. The van der Waals surface area contributed by atoms with Crippen LogP contribution < -0.4 is 5.32 Å². The summed E-state index contributed by atoms with van der Waals surface area (Å²) in [4.78, 5) is 15.3. The molecule has 15 heavy (non-hydrogen) atoms. The van der Waals surface area contributed by atoms with Gasteiger partial charge in [0.15, 0.2) is 0 Å². The number of carbonyl (C=O) groups excluding carboxylic acids is 1. The first-order valence-electron chi connectivity index (χ1n) is 4.59. The van der Waals surface area contributed by atoms with Gasteiger partial charge in [0.2, 0.25) is 5.91 Å². The van der Waals surface area contributed by atoms with Crippen LogP contribution >= 0.6 is 0 Å². The van der Waals surface area contributed by atoms with Gasteiger partial charge < -0.3 is 10.3 Å². The first-order valence-corrected chi connectivity index (χ1v) is 4.59. The minimum absolute atomic E-state index is 0. The smallest absolute Gasteiger partial charge is 0.228 e. The average molecular weight is 280 g/mol. The number of amides is 1. The topological polar surface area (TPSA) is 42.0 Å². The molecule has 4 heteroatoms. The van der Waals surface area contributed by atoms with Crippen molar-refractivity contribution in [2.24, 2.45) is 5.41 Å². The molecule has 0 unspecified atom stereocenters. The van der Waals surface area contributed by atoms with Crippen LogP contribution in [0, 0.1) is 11.6 Å². The van der Waals surface area contributed by atoms with Crippen molar-refractivity contribution in [1.82, 2.24) is 10.3 Å². The normalized spacial score (nSPS) is 10.3. The van der Waals surface area contributed by atoms with Crippen LogP contribution in [-0.4, -0.2) is 17.4 Å². The van der Waals surface area contributed by atoms with Gasteiger partial charge in [0.1, 0.15) is 0 Å². The fourth-order valence-corrected chi connectivity index (χ4v) is 0.902. The van der Waals surface area contributed by atoms with E-state index in [0.717, 1.165) is 0 Å². The summed E-state index contributed by atoms with van der Waals surface area (Å²) in [7, 11) is 0. The van der Waals surface area contributed by atoms with Crippen LogP contribution in [0.25, 0.3) is 0 Å². The third-order valence-corrected chi connectivity index (χ3v) is 1.66. The van der Waals surface area contributed by atoms with Crippen LogP contribution in [0.4, 0.5) is 0 Å². The van der Waals surface area contributed by atoms with Crippen LogP contribution in [0.15, 0.2) is 18.3 Å². The summed E-state index contributed by atoms with van der Waals surface area (Å²) in [5, 5.41) is 2.85. The summed E-state index contributed by atoms with van der Waals surface area (Å²) < 4.78 is 0. The van der Waals surface area contributed by atoms with E-state index in [-0.39, 0.29) is 44.0 Å². The number of nitrogens with one attached hydrogen (secondary N) is 1. The Morgan fingerprint density at radius 2 is 2.20 bits per heavy atom. The van der Waals surface area contributed by atoms with Crippen LogP contribution in [0.1, 0.15) is 31.1 Å². The van der Waals surface area contributed by atoms with Crippen molar-refractivity contribution in [1.29, 1.82) is 0 Å². The van der Waals surface area contributed by atoms with Gasteiger partial charge in [-0.25, -0.2) is 0 Å². The van der Waals surface area contributed by atoms with E-state index in [1.807, 2.05) is 0 Å². The molecule has 1 aromatic heterocycles. The van der Waals surface area contributed by atoms with E-state index < -0.39 is 0 Å². The first kappa shape index (κ1) is 14.7. The minimum Gasteiger partial charge on any atom is -0.393 e. The number of carbonyl (C=O) groups is 1. The molecular weight excluding hydrogens is 265 g/mol. The summed E-state index contributed by atoms with van der Waals surface area (Å²) >= 11 is 0. The van der Waals surface area contributed by atoms with Gasteiger partial charge in [0.25, 0.3) is 0 Å². The maximum Gasteiger partial charge on any atom is 0.228 e. The fourth-order valence-electron chi connectivity index (χ4n) is 0.902. The van der Waals surface area contributed by atoms with Gasteiger partial charge in [0.05, 0.1) is 0 Å². The van der Waals surface area contributed by atoms with Crippen LogP contribution in [0.3, 0.4) is 0 Å². The monoisotopic (exact) mass is 280 g/mol. The van der Waals surface area contributed by atoms with Gasteiger partial charge >= 0.3 is 0 Å². The molecule has 0 aliphatic heterocycles. The number of hydrogen-bond acceptors (Lipinski definition) is 2. The van der Waals surface area contributed by atoms with Gasteiger partial charge in [-0.05, 0) is 5.41 Å².